The van der Waals surface area contributed by atoms with Gasteiger partial charge in [0.1, 0.15) is 4.88 Å². The van der Waals surface area contributed by atoms with Gasteiger partial charge in [-0.15, -0.1) is 11.3 Å². The van der Waals surface area contributed by atoms with Gasteiger partial charge in [0.15, 0.2) is 5.82 Å². The molecule has 13 heavy (non-hydrogen) atoms. The molecule has 0 unspecified atom stereocenters. The molecule has 0 spiro atoms. The second-order valence-electron chi connectivity index (χ2n) is 2.55. The minimum absolute atomic E-state index is 0.221. The van der Waals surface area contributed by atoms with Crippen molar-refractivity contribution >= 4 is 27.4 Å². The standard InChI is InChI=1S/C9H5FO2S/c10-7-5-3-1-2-4-6(5)13-8(7)9(11)12/h1-4H,(H,11,12). The SMILES string of the molecule is O=C(O)c1sc2ccccc2c1F. The first-order valence-corrected chi connectivity index (χ1v) is 4.42. The van der Waals surface area contributed by atoms with Crippen LogP contribution in [-0.2, 0) is 0 Å². The van der Waals surface area contributed by atoms with Crippen LogP contribution >= 0.6 is 11.3 Å². The molecule has 0 amide bonds. The zero-order chi connectivity index (χ0) is 9.42. The molecule has 1 aromatic carbocycles. The lowest BCUT2D eigenvalue weighted by Gasteiger charge is -1.86. The number of aromatic carboxylic acids is 1. The van der Waals surface area contributed by atoms with Crippen molar-refractivity contribution in [2.45, 2.75) is 0 Å². The number of carboxylic acids is 1. The van der Waals surface area contributed by atoms with Crippen LogP contribution in [0.5, 0.6) is 0 Å². The van der Waals surface area contributed by atoms with Gasteiger partial charge in [-0.3, -0.25) is 0 Å². The maximum Gasteiger partial charge on any atom is 0.348 e. The van der Waals surface area contributed by atoms with E-state index < -0.39 is 11.8 Å². The fourth-order valence-corrected chi connectivity index (χ4v) is 2.07. The summed E-state index contributed by atoms with van der Waals surface area (Å²) in [5, 5.41) is 9.02. The molecule has 66 valence electrons. The highest BCUT2D eigenvalue weighted by Crippen LogP contribution is 2.29. The fraction of sp³-hybridized carbons (Fsp3) is 0. The average molecular weight is 196 g/mol. The minimum atomic E-state index is -1.21. The van der Waals surface area contributed by atoms with Crippen molar-refractivity contribution in [3.63, 3.8) is 0 Å². The van der Waals surface area contributed by atoms with Gasteiger partial charge in [-0.25, -0.2) is 9.18 Å². The van der Waals surface area contributed by atoms with Crippen LogP contribution in [0.1, 0.15) is 9.67 Å². The maximum absolute atomic E-state index is 13.3. The van der Waals surface area contributed by atoms with E-state index in [2.05, 4.69) is 0 Å². The predicted molar refractivity (Wildman–Crippen MR) is 48.7 cm³/mol. The van der Waals surface area contributed by atoms with Crippen LogP contribution in [0.3, 0.4) is 0 Å². The van der Waals surface area contributed by atoms with Crippen LogP contribution in [0.15, 0.2) is 24.3 Å². The van der Waals surface area contributed by atoms with Crippen LogP contribution in [-0.4, -0.2) is 11.1 Å². The van der Waals surface area contributed by atoms with Crippen LogP contribution in [0.25, 0.3) is 10.1 Å². The summed E-state index contributed by atoms with van der Waals surface area (Å²) in [6.07, 6.45) is 0. The van der Waals surface area contributed by atoms with E-state index in [1.54, 1.807) is 24.3 Å². The molecule has 2 rings (SSSR count). The molecule has 4 heteroatoms. The molecule has 0 radical (unpaired) electrons. The third kappa shape index (κ3) is 1.19. The van der Waals surface area contributed by atoms with E-state index in [0.29, 0.717) is 10.1 Å². The molecule has 0 aliphatic rings. The molecule has 0 saturated carbocycles. The predicted octanol–water partition coefficient (Wildman–Crippen LogP) is 2.74. The Labute approximate surface area is 77.2 Å². The summed E-state index contributed by atoms with van der Waals surface area (Å²) in [4.78, 5) is 10.3. The quantitative estimate of drug-likeness (QED) is 0.761. The molecule has 0 aliphatic heterocycles. The van der Waals surface area contributed by atoms with Crippen molar-refractivity contribution in [1.29, 1.82) is 0 Å². The summed E-state index contributed by atoms with van der Waals surface area (Å²) in [5.74, 6) is -1.84. The van der Waals surface area contributed by atoms with Gasteiger partial charge >= 0.3 is 5.97 Å². The molecule has 1 heterocycles. The van der Waals surface area contributed by atoms with Crippen LogP contribution in [0.2, 0.25) is 0 Å². The Morgan fingerprint density at radius 1 is 1.38 bits per heavy atom. The lowest BCUT2D eigenvalue weighted by molar-refractivity contribution is 0.0698. The molecule has 0 fully saturated rings. The lowest BCUT2D eigenvalue weighted by Crippen LogP contribution is -1.94. The first-order chi connectivity index (χ1) is 6.20. The van der Waals surface area contributed by atoms with Crippen LogP contribution < -0.4 is 0 Å². The van der Waals surface area contributed by atoms with E-state index >= 15 is 0 Å². The van der Waals surface area contributed by atoms with E-state index in [9.17, 15) is 9.18 Å². The molecule has 0 saturated heterocycles. The number of carboxylic acid groups (broad SMARTS) is 1. The number of carbonyl (C=O) groups is 1. The highest BCUT2D eigenvalue weighted by atomic mass is 32.1. The van der Waals surface area contributed by atoms with Gasteiger partial charge in [0.2, 0.25) is 0 Å². The average Bonchev–Trinajstić information content (AvgIpc) is 2.45. The largest absolute Gasteiger partial charge is 0.477 e. The highest BCUT2D eigenvalue weighted by Gasteiger charge is 2.16. The van der Waals surface area contributed by atoms with Crippen molar-refractivity contribution in [3.8, 4) is 0 Å². The Balaban J connectivity index is 2.81. The monoisotopic (exact) mass is 196 g/mol. The van der Waals surface area contributed by atoms with Crippen molar-refractivity contribution in [2.24, 2.45) is 0 Å². The Morgan fingerprint density at radius 3 is 2.69 bits per heavy atom. The van der Waals surface area contributed by atoms with E-state index in [-0.39, 0.29) is 4.88 Å². The van der Waals surface area contributed by atoms with Crippen molar-refractivity contribution in [3.05, 3.63) is 35.0 Å². The molecule has 1 N–H and O–H groups in total. The van der Waals surface area contributed by atoms with Crippen molar-refractivity contribution in [2.75, 3.05) is 0 Å². The minimum Gasteiger partial charge on any atom is -0.477 e. The molecule has 0 bridgehead atoms. The third-order valence-electron chi connectivity index (χ3n) is 1.73. The van der Waals surface area contributed by atoms with Gasteiger partial charge in [-0.2, -0.15) is 0 Å². The van der Waals surface area contributed by atoms with Gasteiger partial charge in [-0.1, -0.05) is 18.2 Å². The number of hydrogen-bond acceptors (Lipinski definition) is 2. The van der Waals surface area contributed by atoms with Gasteiger partial charge in [0.25, 0.3) is 0 Å². The van der Waals surface area contributed by atoms with E-state index in [0.717, 1.165) is 11.3 Å². The van der Waals surface area contributed by atoms with Gasteiger partial charge in [0.05, 0.1) is 0 Å². The molecular weight excluding hydrogens is 191 g/mol. The lowest BCUT2D eigenvalue weighted by atomic mass is 10.2. The van der Waals surface area contributed by atoms with Gasteiger partial charge < -0.3 is 5.11 Å². The third-order valence-corrected chi connectivity index (χ3v) is 2.86. The molecule has 2 nitrogen and oxygen atoms in total. The van der Waals surface area contributed by atoms with Gasteiger partial charge in [0, 0.05) is 10.1 Å². The number of hydrogen-bond donors (Lipinski definition) is 1. The summed E-state index contributed by atoms with van der Waals surface area (Å²) in [6.45, 7) is 0. The molecule has 0 aliphatic carbocycles. The topological polar surface area (TPSA) is 37.3 Å². The Morgan fingerprint density at radius 2 is 2.08 bits per heavy atom. The van der Waals surface area contributed by atoms with Crippen molar-refractivity contribution < 1.29 is 14.3 Å². The smallest absolute Gasteiger partial charge is 0.348 e. The fourth-order valence-electron chi connectivity index (χ4n) is 1.15. The van der Waals surface area contributed by atoms with Crippen LogP contribution in [0.4, 0.5) is 4.39 Å². The van der Waals surface area contributed by atoms with Gasteiger partial charge in [-0.05, 0) is 6.07 Å². The summed E-state index contributed by atoms with van der Waals surface area (Å²) in [5.41, 5.74) is 0. The first-order valence-electron chi connectivity index (χ1n) is 3.60. The number of thiophene rings is 1. The van der Waals surface area contributed by atoms with E-state index in [4.69, 9.17) is 5.11 Å². The molecule has 0 atom stereocenters. The summed E-state index contributed by atoms with van der Waals surface area (Å²) < 4.78 is 14.0. The number of rotatable bonds is 1. The normalized spacial score (nSPS) is 10.5. The summed E-state index contributed by atoms with van der Waals surface area (Å²) >= 11 is 0.957. The molecular formula is C9H5FO2S. The summed E-state index contributed by atoms with van der Waals surface area (Å²) in [7, 11) is 0. The Bertz CT molecular complexity index is 475. The maximum atomic E-state index is 13.3. The number of fused-ring (bicyclic) bond motifs is 1. The summed E-state index contributed by atoms with van der Waals surface area (Å²) in [6, 6.07) is 6.72. The zero-order valence-corrected chi connectivity index (χ0v) is 7.27. The van der Waals surface area contributed by atoms with Crippen molar-refractivity contribution in [1.82, 2.24) is 0 Å². The van der Waals surface area contributed by atoms with E-state index in [1.807, 2.05) is 0 Å². The number of benzene rings is 1. The first kappa shape index (κ1) is 8.19. The Kier molecular flexibility index (Phi) is 1.77. The highest BCUT2D eigenvalue weighted by molar-refractivity contribution is 7.20. The second kappa shape index (κ2) is 2.81. The molecule has 2 aromatic rings. The van der Waals surface area contributed by atoms with Crippen LogP contribution in [0, 0.1) is 5.82 Å². The number of halogens is 1. The zero-order valence-electron chi connectivity index (χ0n) is 6.45. The molecule has 1 aromatic heterocycles. The second-order valence-corrected chi connectivity index (χ2v) is 3.60. The Hall–Kier alpha value is -1.42. The van der Waals surface area contributed by atoms with E-state index in [1.165, 1.54) is 0 Å².